The molecule has 8 nitrogen and oxygen atoms in total. The van der Waals surface area contributed by atoms with Crippen LogP contribution in [0.15, 0.2) is 54.9 Å². The Bertz CT molecular complexity index is 1380. The summed E-state index contributed by atoms with van der Waals surface area (Å²) in [7, 11) is -3.44. The van der Waals surface area contributed by atoms with Crippen molar-refractivity contribution >= 4 is 15.7 Å². The van der Waals surface area contributed by atoms with E-state index in [1.54, 1.807) is 16.9 Å². The van der Waals surface area contributed by atoms with Crippen LogP contribution in [0.3, 0.4) is 0 Å². The van der Waals surface area contributed by atoms with Gasteiger partial charge in [-0.25, -0.2) is 17.9 Å². The topological polar surface area (TPSA) is 85.4 Å². The molecule has 184 valence electrons. The molecule has 4 heterocycles. The van der Waals surface area contributed by atoms with Gasteiger partial charge in [-0.2, -0.15) is 14.3 Å². The van der Waals surface area contributed by atoms with Crippen molar-refractivity contribution in [3.63, 3.8) is 0 Å². The Kier molecular flexibility index (Phi) is 6.97. The Morgan fingerprint density at radius 1 is 1.00 bits per heavy atom. The average Bonchev–Trinajstić information content (AvgIpc) is 3.61. The predicted molar refractivity (Wildman–Crippen MR) is 137 cm³/mol. The SMILES string of the molecule is CCCS(=O)(=O)n1cc(-c2cccc3nc(Cc4ccc(CCCN5CCCC5)cc4)nn23)cn1. The smallest absolute Gasteiger partial charge is 0.253 e. The number of hydrogen-bond acceptors (Lipinski definition) is 6. The van der Waals surface area contributed by atoms with Crippen molar-refractivity contribution in [1.82, 2.24) is 28.7 Å². The number of aryl methyl sites for hydroxylation is 1. The van der Waals surface area contributed by atoms with E-state index in [4.69, 9.17) is 10.1 Å². The summed E-state index contributed by atoms with van der Waals surface area (Å²) in [5.41, 5.74) is 4.70. The van der Waals surface area contributed by atoms with E-state index in [2.05, 4.69) is 34.3 Å². The van der Waals surface area contributed by atoms with Gasteiger partial charge >= 0.3 is 0 Å². The zero-order valence-electron chi connectivity index (χ0n) is 20.2. The van der Waals surface area contributed by atoms with Crippen molar-refractivity contribution < 1.29 is 8.42 Å². The highest BCUT2D eigenvalue weighted by Crippen LogP contribution is 2.21. The number of hydrogen-bond donors (Lipinski definition) is 0. The summed E-state index contributed by atoms with van der Waals surface area (Å²) in [6.45, 7) is 5.54. The number of aromatic nitrogens is 5. The van der Waals surface area contributed by atoms with Crippen LogP contribution in [0.1, 0.15) is 49.6 Å². The molecule has 0 unspecified atom stereocenters. The Balaban J connectivity index is 1.28. The van der Waals surface area contributed by atoms with Crippen LogP contribution in [-0.4, -0.2) is 62.5 Å². The third-order valence-corrected chi connectivity index (χ3v) is 8.22. The monoisotopic (exact) mass is 492 g/mol. The van der Waals surface area contributed by atoms with E-state index < -0.39 is 10.0 Å². The van der Waals surface area contributed by atoms with Gasteiger partial charge < -0.3 is 4.90 Å². The lowest BCUT2D eigenvalue weighted by Crippen LogP contribution is -2.20. The van der Waals surface area contributed by atoms with Crippen LogP contribution < -0.4 is 0 Å². The second-order valence-corrected chi connectivity index (χ2v) is 11.2. The van der Waals surface area contributed by atoms with Gasteiger partial charge in [0.15, 0.2) is 11.5 Å². The minimum atomic E-state index is -3.44. The molecular weight excluding hydrogens is 460 g/mol. The molecule has 1 aromatic carbocycles. The van der Waals surface area contributed by atoms with Gasteiger partial charge in [-0.1, -0.05) is 37.3 Å². The second-order valence-electron chi connectivity index (χ2n) is 9.27. The van der Waals surface area contributed by atoms with Crippen LogP contribution >= 0.6 is 0 Å². The second kappa shape index (κ2) is 10.3. The predicted octanol–water partition coefficient (Wildman–Crippen LogP) is 3.80. The van der Waals surface area contributed by atoms with E-state index in [1.807, 2.05) is 25.1 Å². The molecular formula is C26H32N6O2S. The van der Waals surface area contributed by atoms with Gasteiger partial charge in [-0.15, -0.1) is 0 Å². The fraction of sp³-hybridized carbons (Fsp3) is 0.423. The summed E-state index contributed by atoms with van der Waals surface area (Å²) in [5.74, 6) is 0.786. The highest BCUT2D eigenvalue weighted by Gasteiger charge is 2.16. The van der Waals surface area contributed by atoms with Crippen molar-refractivity contribution in [2.24, 2.45) is 0 Å². The lowest BCUT2D eigenvalue weighted by atomic mass is 10.1. The Labute approximate surface area is 206 Å². The van der Waals surface area contributed by atoms with E-state index in [1.165, 1.54) is 50.0 Å². The Hall–Kier alpha value is -3.04. The quantitative estimate of drug-likeness (QED) is 0.335. The van der Waals surface area contributed by atoms with E-state index in [9.17, 15) is 8.42 Å². The number of benzene rings is 1. The van der Waals surface area contributed by atoms with Gasteiger partial charge in [0.2, 0.25) is 0 Å². The van der Waals surface area contributed by atoms with Crippen molar-refractivity contribution in [1.29, 1.82) is 0 Å². The molecule has 0 spiro atoms. The first-order valence-electron chi connectivity index (χ1n) is 12.4. The van der Waals surface area contributed by atoms with Crippen LogP contribution in [0, 0.1) is 0 Å². The van der Waals surface area contributed by atoms with Gasteiger partial charge in [0, 0.05) is 12.0 Å². The molecule has 0 amide bonds. The van der Waals surface area contributed by atoms with Crippen LogP contribution in [0.25, 0.3) is 16.9 Å². The third-order valence-electron chi connectivity index (χ3n) is 6.53. The van der Waals surface area contributed by atoms with Crippen LogP contribution in [0.4, 0.5) is 0 Å². The highest BCUT2D eigenvalue weighted by atomic mass is 32.2. The van der Waals surface area contributed by atoms with Crippen LogP contribution in [-0.2, 0) is 22.9 Å². The third kappa shape index (κ3) is 5.46. The Morgan fingerprint density at radius 2 is 1.77 bits per heavy atom. The molecule has 0 atom stereocenters. The summed E-state index contributed by atoms with van der Waals surface area (Å²) in [6.07, 6.45) is 9.28. The van der Waals surface area contributed by atoms with E-state index in [0.29, 0.717) is 18.4 Å². The molecule has 0 aliphatic carbocycles. The molecule has 0 bridgehead atoms. The van der Waals surface area contributed by atoms with Crippen molar-refractivity contribution in [2.75, 3.05) is 25.4 Å². The normalized spacial score (nSPS) is 14.8. The fourth-order valence-corrected chi connectivity index (χ4v) is 5.87. The molecule has 4 aromatic rings. The summed E-state index contributed by atoms with van der Waals surface area (Å²) < 4.78 is 27.5. The molecule has 1 fully saturated rings. The standard InChI is InChI=1S/C26H32N6O2S/c1-2-17-35(33,34)31-20-23(19-27-31)24-8-5-9-26-28-25(29-32(24)26)18-22-12-10-21(11-13-22)7-6-16-30-14-3-4-15-30/h5,8-13,19-20H,2-4,6-7,14-18H2,1H3. The summed E-state index contributed by atoms with van der Waals surface area (Å²) in [6, 6.07) is 14.5. The average molecular weight is 493 g/mol. The maximum atomic E-state index is 12.4. The van der Waals surface area contributed by atoms with E-state index in [0.717, 1.165) is 27.7 Å². The maximum Gasteiger partial charge on any atom is 0.253 e. The first kappa shape index (κ1) is 23.7. The summed E-state index contributed by atoms with van der Waals surface area (Å²) in [5, 5.41) is 8.80. The minimum Gasteiger partial charge on any atom is -0.303 e. The number of fused-ring (bicyclic) bond motifs is 1. The fourth-order valence-electron chi connectivity index (χ4n) is 4.70. The molecule has 9 heteroatoms. The number of pyridine rings is 1. The van der Waals surface area contributed by atoms with E-state index >= 15 is 0 Å². The van der Waals surface area contributed by atoms with Crippen molar-refractivity contribution in [3.05, 3.63) is 71.8 Å². The molecule has 5 rings (SSSR count). The molecule has 0 N–H and O–H groups in total. The molecule has 0 radical (unpaired) electrons. The van der Waals surface area contributed by atoms with Crippen LogP contribution in [0.5, 0.6) is 0 Å². The van der Waals surface area contributed by atoms with E-state index in [-0.39, 0.29) is 5.75 Å². The lowest BCUT2D eigenvalue weighted by molar-refractivity contribution is 0.334. The minimum absolute atomic E-state index is 0.0586. The summed E-state index contributed by atoms with van der Waals surface area (Å²) >= 11 is 0. The maximum absolute atomic E-state index is 12.4. The first-order chi connectivity index (χ1) is 17.0. The first-order valence-corrected chi connectivity index (χ1v) is 14.1. The van der Waals surface area contributed by atoms with Crippen molar-refractivity contribution in [3.8, 4) is 11.3 Å². The number of nitrogens with zero attached hydrogens (tertiary/aromatic N) is 6. The van der Waals surface area contributed by atoms with Gasteiger partial charge in [-0.3, -0.25) is 0 Å². The van der Waals surface area contributed by atoms with Gasteiger partial charge in [0.05, 0.1) is 23.8 Å². The zero-order chi connectivity index (χ0) is 24.3. The molecule has 0 saturated carbocycles. The molecule has 1 aliphatic heterocycles. The highest BCUT2D eigenvalue weighted by molar-refractivity contribution is 7.89. The molecule has 1 saturated heterocycles. The zero-order valence-corrected chi connectivity index (χ0v) is 21.0. The van der Waals surface area contributed by atoms with Crippen molar-refractivity contribution in [2.45, 2.75) is 45.4 Å². The molecule has 1 aliphatic rings. The van der Waals surface area contributed by atoms with Gasteiger partial charge in [0.1, 0.15) is 0 Å². The largest absolute Gasteiger partial charge is 0.303 e. The molecule has 3 aromatic heterocycles. The number of likely N-dealkylation sites (tertiary alicyclic amines) is 1. The van der Waals surface area contributed by atoms with Gasteiger partial charge in [0.25, 0.3) is 10.0 Å². The molecule has 35 heavy (non-hydrogen) atoms. The lowest BCUT2D eigenvalue weighted by Gasteiger charge is -2.13. The van der Waals surface area contributed by atoms with Crippen LogP contribution in [0.2, 0.25) is 0 Å². The summed E-state index contributed by atoms with van der Waals surface area (Å²) in [4.78, 5) is 7.26. The van der Waals surface area contributed by atoms with Gasteiger partial charge in [-0.05, 0) is 75.0 Å². The number of rotatable bonds is 10. The Morgan fingerprint density at radius 3 is 2.54 bits per heavy atom.